The van der Waals surface area contributed by atoms with Gasteiger partial charge < -0.3 is 19.1 Å². The van der Waals surface area contributed by atoms with Crippen molar-refractivity contribution in [1.29, 1.82) is 0 Å². The number of halogens is 1. The molecule has 4 rings (SSSR count). The van der Waals surface area contributed by atoms with E-state index in [-0.39, 0.29) is 11.7 Å². The highest BCUT2D eigenvalue weighted by Crippen LogP contribution is 2.28. The van der Waals surface area contributed by atoms with Crippen LogP contribution < -0.4 is 14.2 Å². The Hall–Kier alpha value is -4.33. The van der Waals surface area contributed by atoms with Crippen molar-refractivity contribution >= 4 is 5.91 Å². The van der Waals surface area contributed by atoms with Crippen molar-refractivity contribution in [3.8, 4) is 34.2 Å². The van der Waals surface area contributed by atoms with Gasteiger partial charge in [0.2, 0.25) is 0 Å². The number of rotatable bonds is 9. The van der Waals surface area contributed by atoms with Crippen LogP contribution in [0.15, 0.2) is 72.8 Å². The highest BCUT2D eigenvalue weighted by atomic mass is 19.1. The molecular weight excluding hydrogens is 461 g/mol. The maximum atomic E-state index is 13.5. The Balaban J connectivity index is 1.61. The third-order valence-corrected chi connectivity index (χ3v) is 5.92. The summed E-state index contributed by atoms with van der Waals surface area (Å²) in [7, 11) is 6.54. The summed E-state index contributed by atoms with van der Waals surface area (Å²) in [5, 5.41) is 4.67. The zero-order valence-corrected chi connectivity index (χ0v) is 20.7. The average Bonchev–Trinajstić information content (AvgIpc) is 3.37. The van der Waals surface area contributed by atoms with Crippen LogP contribution in [0.4, 0.5) is 4.39 Å². The van der Waals surface area contributed by atoms with Crippen molar-refractivity contribution in [2.45, 2.75) is 6.42 Å². The Morgan fingerprint density at radius 3 is 2.22 bits per heavy atom. The Labute approximate surface area is 209 Å². The van der Waals surface area contributed by atoms with Gasteiger partial charge in [0, 0.05) is 19.2 Å². The van der Waals surface area contributed by atoms with Crippen LogP contribution in [-0.2, 0) is 6.42 Å². The van der Waals surface area contributed by atoms with Gasteiger partial charge in [-0.15, -0.1) is 0 Å². The number of amides is 1. The number of aromatic nitrogens is 2. The summed E-state index contributed by atoms with van der Waals surface area (Å²) in [5.74, 6) is 1.48. The van der Waals surface area contributed by atoms with E-state index in [0.717, 1.165) is 5.56 Å². The average molecular weight is 490 g/mol. The first-order valence-electron chi connectivity index (χ1n) is 11.4. The van der Waals surface area contributed by atoms with Crippen LogP contribution in [0.25, 0.3) is 16.9 Å². The minimum absolute atomic E-state index is 0.188. The Bertz CT molecular complexity index is 1330. The molecule has 36 heavy (non-hydrogen) atoms. The van der Waals surface area contributed by atoms with E-state index in [1.807, 2.05) is 42.5 Å². The number of nitrogens with zero attached hydrogens (tertiary/aromatic N) is 3. The van der Waals surface area contributed by atoms with Crippen LogP contribution in [0.2, 0.25) is 0 Å². The van der Waals surface area contributed by atoms with Crippen LogP contribution in [-0.4, -0.2) is 55.5 Å². The fraction of sp³-hybridized carbons (Fsp3) is 0.214. The summed E-state index contributed by atoms with van der Waals surface area (Å²) in [4.78, 5) is 15.2. The smallest absolute Gasteiger partial charge is 0.272 e. The molecule has 0 saturated heterocycles. The van der Waals surface area contributed by atoms with Crippen LogP contribution in [0.5, 0.6) is 17.2 Å². The lowest BCUT2D eigenvalue weighted by Gasteiger charge is -2.18. The summed E-state index contributed by atoms with van der Waals surface area (Å²) >= 11 is 0. The van der Waals surface area contributed by atoms with E-state index >= 15 is 0 Å². The summed E-state index contributed by atoms with van der Waals surface area (Å²) in [5.41, 5.74) is 3.41. The molecule has 8 heteroatoms. The molecule has 4 aromatic rings. The van der Waals surface area contributed by atoms with Crippen molar-refractivity contribution < 1.29 is 23.4 Å². The molecule has 0 atom stereocenters. The minimum Gasteiger partial charge on any atom is -0.497 e. The molecule has 1 amide bonds. The second kappa shape index (κ2) is 10.9. The van der Waals surface area contributed by atoms with Gasteiger partial charge in [-0.05, 0) is 78.7 Å². The van der Waals surface area contributed by atoms with Crippen molar-refractivity contribution in [2.24, 2.45) is 0 Å². The zero-order chi connectivity index (χ0) is 25.7. The van der Waals surface area contributed by atoms with E-state index in [1.165, 1.54) is 12.1 Å². The number of benzene rings is 3. The first-order chi connectivity index (χ1) is 17.4. The Kier molecular flexibility index (Phi) is 7.53. The first kappa shape index (κ1) is 24.8. The van der Waals surface area contributed by atoms with Gasteiger partial charge >= 0.3 is 0 Å². The molecule has 0 aliphatic carbocycles. The van der Waals surface area contributed by atoms with Gasteiger partial charge in [-0.2, -0.15) is 5.10 Å². The molecular formula is C28H28FN3O4. The number of hydrogen-bond acceptors (Lipinski definition) is 5. The maximum absolute atomic E-state index is 13.5. The van der Waals surface area contributed by atoms with Crippen molar-refractivity contribution in [1.82, 2.24) is 14.7 Å². The van der Waals surface area contributed by atoms with Crippen molar-refractivity contribution in [3.05, 3.63) is 89.9 Å². The van der Waals surface area contributed by atoms with E-state index in [9.17, 15) is 9.18 Å². The molecule has 0 spiro atoms. The van der Waals surface area contributed by atoms with Crippen molar-refractivity contribution in [2.75, 3.05) is 34.9 Å². The lowest BCUT2D eigenvalue weighted by molar-refractivity contribution is 0.0787. The van der Waals surface area contributed by atoms with E-state index in [2.05, 4.69) is 5.10 Å². The Morgan fingerprint density at radius 2 is 1.58 bits per heavy atom. The van der Waals surface area contributed by atoms with E-state index in [1.54, 1.807) is 56.2 Å². The summed E-state index contributed by atoms with van der Waals surface area (Å²) in [6.45, 7) is 0.480. The molecule has 1 heterocycles. The van der Waals surface area contributed by atoms with Crippen molar-refractivity contribution in [3.63, 3.8) is 0 Å². The van der Waals surface area contributed by atoms with E-state index in [0.29, 0.717) is 52.9 Å². The monoisotopic (exact) mass is 489 g/mol. The lowest BCUT2D eigenvalue weighted by Crippen LogP contribution is -2.30. The predicted octanol–water partition coefficient (Wildman–Crippen LogP) is 5.02. The molecule has 0 radical (unpaired) electrons. The van der Waals surface area contributed by atoms with Gasteiger partial charge in [0.15, 0.2) is 11.5 Å². The summed E-state index contributed by atoms with van der Waals surface area (Å²) < 4.78 is 31.0. The van der Waals surface area contributed by atoms with E-state index in [4.69, 9.17) is 14.2 Å². The Morgan fingerprint density at radius 1 is 0.889 bits per heavy atom. The van der Waals surface area contributed by atoms with Crippen LogP contribution in [0, 0.1) is 5.82 Å². The standard InChI is InChI=1S/C28H28FN3O4/c1-31(16-15-19-5-14-26(35-3)27(17-19)36-4)28(33)25-18-24(20-6-8-21(29)9-7-20)30-32(25)22-10-12-23(34-2)13-11-22/h5-14,17-18H,15-16H2,1-4H3. The molecule has 0 bridgehead atoms. The van der Waals surface area contributed by atoms with Gasteiger partial charge in [0.1, 0.15) is 17.3 Å². The molecule has 0 aliphatic heterocycles. The molecule has 0 aliphatic rings. The van der Waals surface area contributed by atoms with Gasteiger partial charge in [0.25, 0.3) is 5.91 Å². The number of methoxy groups -OCH3 is 3. The molecule has 3 aromatic carbocycles. The molecule has 0 fully saturated rings. The summed E-state index contributed by atoms with van der Waals surface area (Å²) in [6.07, 6.45) is 0.629. The molecule has 0 N–H and O–H groups in total. The SMILES string of the molecule is COc1ccc(-n2nc(-c3ccc(F)cc3)cc2C(=O)N(C)CCc2ccc(OC)c(OC)c2)cc1. The molecule has 1 aromatic heterocycles. The predicted molar refractivity (Wildman–Crippen MR) is 136 cm³/mol. The van der Waals surface area contributed by atoms with Gasteiger partial charge in [-0.1, -0.05) is 6.07 Å². The largest absolute Gasteiger partial charge is 0.497 e. The second-order valence-corrected chi connectivity index (χ2v) is 8.20. The third kappa shape index (κ3) is 5.33. The molecule has 0 unspecified atom stereocenters. The fourth-order valence-electron chi connectivity index (χ4n) is 3.85. The number of ether oxygens (including phenoxy) is 3. The van der Waals surface area contributed by atoms with Gasteiger partial charge in [-0.3, -0.25) is 4.79 Å². The topological polar surface area (TPSA) is 65.8 Å². The van der Waals surface area contributed by atoms with Crippen LogP contribution >= 0.6 is 0 Å². The molecule has 0 saturated carbocycles. The molecule has 7 nitrogen and oxygen atoms in total. The first-order valence-corrected chi connectivity index (χ1v) is 11.4. The third-order valence-electron chi connectivity index (χ3n) is 5.92. The second-order valence-electron chi connectivity index (χ2n) is 8.20. The summed E-state index contributed by atoms with van der Waals surface area (Å²) in [6, 6.07) is 20.8. The maximum Gasteiger partial charge on any atom is 0.272 e. The highest BCUT2D eigenvalue weighted by molar-refractivity contribution is 5.94. The number of carbonyl (C=O) groups excluding carboxylic acids is 1. The number of carbonyl (C=O) groups is 1. The fourth-order valence-corrected chi connectivity index (χ4v) is 3.85. The number of hydrogen-bond donors (Lipinski definition) is 0. The minimum atomic E-state index is -0.334. The molecule has 186 valence electrons. The van der Waals surface area contributed by atoms with Crippen LogP contribution in [0.1, 0.15) is 16.1 Å². The zero-order valence-electron chi connectivity index (χ0n) is 20.7. The van der Waals surface area contributed by atoms with Gasteiger partial charge in [0.05, 0.1) is 32.7 Å². The van der Waals surface area contributed by atoms with Crippen LogP contribution in [0.3, 0.4) is 0 Å². The lowest BCUT2D eigenvalue weighted by atomic mass is 10.1. The highest BCUT2D eigenvalue weighted by Gasteiger charge is 2.21. The normalized spacial score (nSPS) is 10.7. The quantitative estimate of drug-likeness (QED) is 0.330. The van der Waals surface area contributed by atoms with Gasteiger partial charge in [-0.25, -0.2) is 9.07 Å². The number of likely N-dealkylation sites (N-methyl/N-ethyl adjacent to an activating group) is 1. The van der Waals surface area contributed by atoms with E-state index < -0.39 is 0 Å².